The van der Waals surface area contributed by atoms with Crippen LogP contribution in [0.25, 0.3) is 11.4 Å². The van der Waals surface area contributed by atoms with E-state index in [0.29, 0.717) is 5.82 Å². The van der Waals surface area contributed by atoms with E-state index in [9.17, 15) is 0 Å². The highest BCUT2D eigenvalue weighted by Gasteiger charge is 2.10. The van der Waals surface area contributed by atoms with E-state index in [1.807, 2.05) is 38.2 Å². The summed E-state index contributed by atoms with van der Waals surface area (Å²) in [5, 5.41) is 3.08. The van der Waals surface area contributed by atoms with Crippen molar-refractivity contribution in [2.24, 2.45) is 0 Å². The van der Waals surface area contributed by atoms with Gasteiger partial charge in [0.05, 0.1) is 16.4 Å². The Hall–Kier alpha value is -1.37. The molecule has 0 spiro atoms. The van der Waals surface area contributed by atoms with E-state index in [0.717, 1.165) is 26.4 Å². The Morgan fingerprint density at radius 2 is 2.06 bits per heavy atom. The third-order valence-corrected chi connectivity index (χ3v) is 3.87. The molecule has 0 atom stereocenters. The fourth-order valence-corrected chi connectivity index (χ4v) is 2.13. The van der Waals surface area contributed by atoms with Gasteiger partial charge in [0.25, 0.3) is 0 Å². The number of benzene rings is 1. The van der Waals surface area contributed by atoms with Gasteiger partial charge in [-0.1, -0.05) is 12.1 Å². The Labute approximate surface area is 120 Å². The number of hydrogen-bond donors (Lipinski definition) is 1. The number of aromatic nitrogens is 2. The minimum atomic E-state index is 0.705. The lowest BCUT2D eigenvalue weighted by Gasteiger charge is -2.09. The topological polar surface area (TPSA) is 47.0 Å². The lowest BCUT2D eigenvalue weighted by atomic mass is 10.2. The first-order valence-electron chi connectivity index (χ1n) is 5.52. The predicted octanol–water partition coefficient (Wildman–Crippen LogP) is 3.11. The highest BCUT2D eigenvalue weighted by molar-refractivity contribution is 14.1. The van der Waals surface area contributed by atoms with Gasteiger partial charge in [-0.15, -0.1) is 0 Å². The molecule has 1 aromatic carbocycles. The SMILES string of the molecule is CNc1nc(-c2cccc(OC)c2)nc(C)c1I. The molecular formula is C13H14IN3O. The summed E-state index contributed by atoms with van der Waals surface area (Å²) in [5.74, 6) is 2.36. The van der Waals surface area contributed by atoms with Crippen LogP contribution in [-0.2, 0) is 0 Å². The van der Waals surface area contributed by atoms with E-state index in [4.69, 9.17) is 4.74 Å². The van der Waals surface area contributed by atoms with E-state index >= 15 is 0 Å². The van der Waals surface area contributed by atoms with Crippen LogP contribution in [0.5, 0.6) is 5.75 Å². The van der Waals surface area contributed by atoms with E-state index < -0.39 is 0 Å². The van der Waals surface area contributed by atoms with Gasteiger partial charge >= 0.3 is 0 Å². The van der Waals surface area contributed by atoms with Gasteiger partial charge in [0.1, 0.15) is 11.6 Å². The number of ether oxygens (including phenoxy) is 1. The van der Waals surface area contributed by atoms with Crippen molar-refractivity contribution in [3.05, 3.63) is 33.5 Å². The summed E-state index contributed by atoms with van der Waals surface area (Å²) < 4.78 is 6.26. The van der Waals surface area contributed by atoms with Crippen molar-refractivity contribution in [3.63, 3.8) is 0 Å². The van der Waals surface area contributed by atoms with Gasteiger partial charge < -0.3 is 10.1 Å². The zero-order chi connectivity index (χ0) is 13.1. The molecule has 94 valence electrons. The van der Waals surface area contributed by atoms with Crippen molar-refractivity contribution < 1.29 is 4.74 Å². The largest absolute Gasteiger partial charge is 0.497 e. The van der Waals surface area contributed by atoms with Gasteiger partial charge in [0, 0.05) is 12.6 Å². The van der Waals surface area contributed by atoms with E-state index in [2.05, 4.69) is 37.9 Å². The standard InChI is InChI=1S/C13H14IN3O/c1-8-11(14)13(15-2)17-12(16-8)9-5-4-6-10(7-9)18-3/h4-7H,1-3H3,(H,15,16,17). The summed E-state index contributed by atoms with van der Waals surface area (Å²) in [4.78, 5) is 9.02. The fourth-order valence-electron chi connectivity index (χ4n) is 1.62. The third-order valence-electron chi connectivity index (χ3n) is 2.58. The zero-order valence-corrected chi connectivity index (χ0v) is 12.6. The monoisotopic (exact) mass is 355 g/mol. The smallest absolute Gasteiger partial charge is 0.161 e. The second-order valence-electron chi connectivity index (χ2n) is 3.78. The molecule has 0 radical (unpaired) electrons. The molecule has 0 saturated carbocycles. The lowest BCUT2D eigenvalue weighted by molar-refractivity contribution is 0.415. The summed E-state index contributed by atoms with van der Waals surface area (Å²) in [6.07, 6.45) is 0. The van der Waals surface area contributed by atoms with Crippen LogP contribution in [0.3, 0.4) is 0 Å². The first-order valence-corrected chi connectivity index (χ1v) is 6.60. The molecule has 0 unspecified atom stereocenters. The Morgan fingerprint density at radius 3 is 2.72 bits per heavy atom. The third kappa shape index (κ3) is 2.55. The highest BCUT2D eigenvalue weighted by Crippen LogP contribution is 2.25. The fraction of sp³-hybridized carbons (Fsp3) is 0.231. The molecule has 1 aromatic heterocycles. The molecule has 0 bridgehead atoms. The average Bonchev–Trinajstić information content (AvgIpc) is 2.41. The Morgan fingerprint density at radius 1 is 1.28 bits per heavy atom. The second kappa shape index (κ2) is 5.51. The van der Waals surface area contributed by atoms with Crippen molar-refractivity contribution >= 4 is 28.4 Å². The Kier molecular flexibility index (Phi) is 4.00. The molecule has 2 rings (SSSR count). The van der Waals surface area contributed by atoms with Gasteiger partial charge in [-0.2, -0.15) is 0 Å². The van der Waals surface area contributed by atoms with Gasteiger partial charge in [0.2, 0.25) is 0 Å². The van der Waals surface area contributed by atoms with Crippen LogP contribution in [0.15, 0.2) is 24.3 Å². The second-order valence-corrected chi connectivity index (χ2v) is 4.86. The van der Waals surface area contributed by atoms with Gasteiger partial charge in [0.15, 0.2) is 5.82 Å². The average molecular weight is 355 g/mol. The number of nitrogens with zero attached hydrogens (tertiary/aromatic N) is 2. The molecule has 0 fully saturated rings. The minimum absolute atomic E-state index is 0.705. The maximum Gasteiger partial charge on any atom is 0.161 e. The van der Waals surface area contributed by atoms with Crippen molar-refractivity contribution in [3.8, 4) is 17.1 Å². The first-order chi connectivity index (χ1) is 8.65. The van der Waals surface area contributed by atoms with Crippen LogP contribution in [0.1, 0.15) is 5.69 Å². The Balaban J connectivity index is 2.53. The predicted molar refractivity (Wildman–Crippen MR) is 81.0 cm³/mol. The van der Waals surface area contributed by atoms with Crippen LogP contribution < -0.4 is 10.1 Å². The molecule has 0 amide bonds. The molecule has 4 nitrogen and oxygen atoms in total. The zero-order valence-electron chi connectivity index (χ0n) is 10.5. The van der Waals surface area contributed by atoms with Crippen molar-refractivity contribution in [1.82, 2.24) is 9.97 Å². The van der Waals surface area contributed by atoms with Crippen molar-refractivity contribution in [2.75, 3.05) is 19.5 Å². The molecule has 0 aliphatic heterocycles. The van der Waals surface area contributed by atoms with Gasteiger partial charge in [-0.05, 0) is 41.6 Å². The number of rotatable bonds is 3. The summed E-state index contributed by atoms with van der Waals surface area (Å²) in [7, 11) is 3.51. The van der Waals surface area contributed by atoms with Crippen LogP contribution in [-0.4, -0.2) is 24.1 Å². The molecule has 0 saturated heterocycles. The maximum absolute atomic E-state index is 5.21. The van der Waals surface area contributed by atoms with E-state index in [1.54, 1.807) is 7.11 Å². The summed E-state index contributed by atoms with van der Waals surface area (Å²) >= 11 is 2.24. The molecule has 1 heterocycles. The van der Waals surface area contributed by atoms with Gasteiger partial charge in [-0.3, -0.25) is 0 Å². The number of halogens is 1. The number of aryl methyl sites for hydroxylation is 1. The number of anilines is 1. The molecule has 2 aromatic rings. The van der Waals surface area contributed by atoms with Crippen molar-refractivity contribution in [2.45, 2.75) is 6.92 Å². The molecule has 1 N–H and O–H groups in total. The normalized spacial score (nSPS) is 10.2. The quantitative estimate of drug-likeness (QED) is 0.860. The van der Waals surface area contributed by atoms with E-state index in [-0.39, 0.29) is 0 Å². The first kappa shape index (κ1) is 13.1. The Bertz CT molecular complexity index is 572. The molecule has 5 heteroatoms. The summed E-state index contributed by atoms with van der Waals surface area (Å²) in [5.41, 5.74) is 1.91. The van der Waals surface area contributed by atoms with Crippen LogP contribution in [0.4, 0.5) is 5.82 Å². The molecule has 18 heavy (non-hydrogen) atoms. The maximum atomic E-state index is 5.21. The number of hydrogen-bond acceptors (Lipinski definition) is 4. The van der Waals surface area contributed by atoms with Crippen LogP contribution >= 0.6 is 22.6 Å². The summed E-state index contributed by atoms with van der Waals surface area (Å²) in [6.45, 7) is 1.98. The van der Waals surface area contributed by atoms with Crippen LogP contribution in [0, 0.1) is 10.5 Å². The molecular weight excluding hydrogens is 341 g/mol. The molecule has 0 aliphatic carbocycles. The number of methoxy groups -OCH3 is 1. The lowest BCUT2D eigenvalue weighted by Crippen LogP contribution is -2.02. The van der Waals surface area contributed by atoms with Gasteiger partial charge in [-0.25, -0.2) is 9.97 Å². The van der Waals surface area contributed by atoms with Crippen molar-refractivity contribution in [1.29, 1.82) is 0 Å². The summed E-state index contributed by atoms with van der Waals surface area (Å²) in [6, 6.07) is 7.75. The number of nitrogens with one attached hydrogen (secondary N) is 1. The molecule has 0 aliphatic rings. The van der Waals surface area contributed by atoms with Crippen LogP contribution in [0.2, 0.25) is 0 Å². The highest BCUT2D eigenvalue weighted by atomic mass is 127. The van der Waals surface area contributed by atoms with E-state index in [1.165, 1.54) is 0 Å². The minimum Gasteiger partial charge on any atom is -0.497 e.